The van der Waals surface area contributed by atoms with E-state index in [1.807, 2.05) is 82.8 Å². The number of nitrogens with zero attached hydrogens (tertiary/aromatic N) is 3. The summed E-state index contributed by atoms with van der Waals surface area (Å²) in [5.41, 5.74) is 1.47. The van der Waals surface area contributed by atoms with Gasteiger partial charge in [0.05, 0.1) is 6.54 Å². The first-order valence-corrected chi connectivity index (χ1v) is 14.8. The van der Waals surface area contributed by atoms with E-state index in [4.69, 9.17) is 9.47 Å². The minimum Gasteiger partial charge on any atom is -0.444 e. The Labute approximate surface area is 252 Å². The molecule has 2 aliphatic rings. The van der Waals surface area contributed by atoms with Crippen LogP contribution in [0.3, 0.4) is 0 Å². The summed E-state index contributed by atoms with van der Waals surface area (Å²) in [6, 6.07) is 20.7. The maximum Gasteiger partial charge on any atom is 0.410 e. The Hall–Kier alpha value is -3.39. The van der Waals surface area contributed by atoms with Gasteiger partial charge in [0.2, 0.25) is 0 Å². The van der Waals surface area contributed by atoms with E-state index < -0.39 is 17.3 Å². The van der Waals surface area contributed by atoms with Crippen molar-refractivity contribution in [1.29, 1.82) is 0 Å². The summed E-state index contributed by atoms with van der Waals surface area (Å²) in [4.78, 5) is 41.9. The van der Waals surface area contributed by atoms with Gasteiger partial charge in [-0.1, -0.05) is 60.7 Å². The van der Waals surface area contributed by atoms with Crippen LogP contribution in [0, 0.1) is 11.8 Å². The first-order chi connectivity index (χ1) is 19.6. The molecule has 2 saturated heterocycles. The molecule has 0 N–H and O–H groups in total. The van der Waals surface area contributed by atoms with Crippen molar-refractivity contribution in [1.82, 2.24) is 14.7 Å². The van der Waals surface area contributed by atoms with Crippen molar-refractivity contribution < 1.29 is 23.9 Å². The highest BCUT2D eigenvalue weighted by atomic mass is 16.6. The van der Waals surface area contributed by atoms with Gasteiger partial charge in [0.1, 0.15) is 11.2 Å². The van der Waals surface area contributed by atoms with Crippen LogP contribution in [-0.2, 0) is 27.1 Å². The fourth-order valence-electron chi connectivity index (χ4n) is 5.32. The van der Waals surface area contributed by atoms with Gasteiger partial charge in [0.25, 0.3) is 0 Å². The Bertz CT molecular complexity index is 1170. The van der Waals surface area contributed by atoms with Crippen molar-refractivity contribution in [2.75, 3.05) is 40.3 Å². The summed E-state index contributed by atoms with van der Waals surface area (Å²) in [5, 5.41) is 0. The molecule has 8 nitrogen and oxygen atoms in total. The molecule has 2 aliphatic heterocycles. The number of ether oxygens (including phenoxy) is 2. The molecule has 0 saturated carbocycles. The number of carbonyl (C=O) groups excluding carboxylic acids is 3. The van der Waals surface area contributed by atoms with Gasteiger partial charge in [-0.3, -0.25) is 4.79 Å². The van der Waals surface area contributed by atoms with Gasteiger partial charge in [-0.05, 0) is 85.5 Å². The zero-order chi connectivity index (χ0) is 31.1. The Morgan fingerprint density at radius 2 is 1.21 bits per heavy atom. The third kappa shape index (κ3) is 10.5. The van der Waals surface area contributed by atoms with Crippen LogP contribution in [-0.4, -0.2) is 90.2 Å². The average molecular weight is 580 g/mol. The molecule has 4 rings (SSSR count). The highest BCUT2D eigenvalue weighted by molar-refractivity contribution is 5.89. The first-order valence-electron chi connectivity index (χ1n) is 14.8. The van der Waals surface area contributed by atoms with Crippen molar-refractivity contribution in [3.63, 3.8) is 0 Å². The number of rotatable bonds is 5. The van der Waals surface area contributed by atoms with Crippen LogP contribution in [0.25, 0.3) is 0 Å². The van der Waals surface area contributed by atoms with Gasteiger partial charge < -0.3 is 24.2 Å². The molecule has 3 unspecified atom stereocenters. The van der Waals surface area contributed by atoms with Gasteiger partial charge in [-0.15, -0.1) is 0 Å². The molecule has 2 aromatic rings. The van der Waals surface area contributed by atoms with E-state index in [2.05, 4.69) is 43.3 Å². The van der Waals surface area contributed by atoms with Crippen LogP contribution in [0.5, 0.6) is 0 Å². The molecule has 2 fully saturated rings. The Morgan fingerprint density at radius 3 is 1.69 bits per heavy atom. The molecular formula is C34H49N3O5. The number of likely N-dealkylation sites (N-methyl/N-ethyl adjacent to an activating group) is 1. The summed E-state index contributed by atoms with van der Waals surface area (Å²) >= 11 is 0. The quantitative estimate of drug-likeness (QED) is 0.453. The summed E-state index contributed by atoms with van der Waals surface area (Å²) in [6.07, 6.45) is 1.07. The number of ketones is 1. The minimum absolute atomic E-state index is 0.111. The van der Waals surface area contributed by atoms with E-state index in [9.17, 15) is 14.4 Å². The number of benzene rings is 2. The molecule has 3 atom stereocenters. The van der Waals surface area contributed by atoms with E-state index in [0.717, 1.165) is 25.1 Å². The van der Waals surface area contributed by atoms with Crippen LogP contribution in [0.15, 0.2) is 60.7 Å². The molecule has 0 aliphatic carbocycles. The average Bonchev–Trinajstić information content (AvgIpc) is 3.48. The zero-order valence-electron chi connectivity index (χ0n) is 26.6. The second kappa shape index (κ2) is 14.2. The van der Waals surface area contributed by atoms with E-state index in [1.54, 1.807) is 0 Å². The van der Waals surface area contributed by atoms with E-state index in [1.165, 1.54) is 10.5 Å². The normalized spacial score (nSPS) is 20.8. The number of hydrogen-bond acceptors (Lipinski definition) is 6. The van der Waals surface area contributed by atoms with Crippen LogP contribution in [0.1, 0.15) is 52.7 Å². The molecule has 0 bridgehead atoms. The summed E-state index contributed by atoms with van der Waals surface area (Å²) < 4.78 is 10.8. The molecule has 2 amide bonds. The fraction of sp³-hybridized carbons (Fsp3) is 0.559. The molecule has 2 heterocycles. The second-order valence-electron chi connectivity index (χ2n) is 13.6. The number of hydrogen-bond donors (Lipinski definition) is 0. The number of amides is 2. The maximum atomic E-state index is 12.3. The Kier molecular flexibility index (Phi) is 11.2. The molecule has 230 valence electrons. The third-order valence-corrected chi connectivity index (χ3v) is 7.28. The highest BCUT2D eigenvalue weighted by Gasteiger charge is 2.38. The van der Waals surface area contributed by atoms with Gasteiger partial charge in [0, 0.05) is 31.6 Å². The van der Waals surface area contributed by atoms with Crippen LogP contribution >= 0.6 is 0 Å². The van der Waals surface area contributed by atoms with Crippen molar-refractivity contribution in [2.24, 2.45) is 11.8 Å². The van der Waals surface area contributed by atoms with E-state index >= 15 is 0 Å². The van der Waals surface area contributed by atoms with E-state index in [0.29, 0.717) is 24.9 Å². The van der Waals surface area contributed by atoms with Crippen LogP contribution < -0.4 is 0 Å². The Morgan fingerprint density at radius 1 is 0.738 bits per heavy atom. The second-order valence-corrected chi connectivity index (χ2v) is 13.6. The number of likely N-dealkylation sites (tertiary alicyclic amines) is 2. The van der Waals surface area contributed by atoms with E-state index in [-0.39, 0.29) is 24.3 Å². The smallest absolute Gasteiger partial charge is 0.410 e. The van der Waals surface area contributed by atoms with Crippen LogP contribution in [0.4, 0.5) is 9.59 Å². The molecule has 0 radical (unpaired) electrons. The summed E-state index contributed by atoms with van der Waals surface area (Å²) in [7, 11) is 4.17. The molecular weight excluding hydrogens is 530 g/mol. The zero-order valence-corrected chi connectivity index (χ0v) is 26.6. The lowest BCUT2D eigenvalue weighted by atomic mass is 9.94. The molecule has 0 spiro atoms. The summed E-state index contributed by atoms with van der Waals surface area (Å²) in [6.45, 7) is 13.3. The molecule has 42 heavy (non-hydrogen) atoms. The minimum atomic E-state index is -0.530. The lowest BCUT2D eigenvalue weighted by Crippen LogP contribution is -2.38. The summed E-state index contributed by atoms with van der Waals surface area (Å²) in [5.74, 6) is 0.426. The first kappa shape index (κ1) is 33.1. The monoisotopic (exact) mass is 579 g/mol. The highest BCUT2D eigenvalue weighted by Crippen LogP contribution is 2.26. The standard InChI is InChI=1S/C18H28N2O2.C16H21NO3/c1-18(2,3)22-17(21)20-12-15(16(13-20)19(4)5)11-14-9-7-6-8-10-14;1-16(2,3)20-15(19)17-10-13(14(18)11-17)9-12-7-5-4-6-8-12/h6-10,15-16H,11-13H2,1-5H3;4-8,13H,9-11H2,1-3H3. The largest absolute Gasteiger partial charge is 0.444 e. The van der Waals surface area contributed by atoms with Crippen molar-refractivity contribution >= 4 is 18.0 Å². The predicted octanol–water partition coefficient (Wildman–Crippen LogP) is 5.69. The van der Waals surface area contributed by atoms with Crippen LogP contribution in [0.2, 0.25) is 0 Å². The van der Waals surface area contributed by atoms with Crippen molar-refractivity contribution in [3.05, 3.63) is 71.8 Å². The predicted molar refractivity (Wildman–Crippen MR) is 165 cm³/mol. The lowest BCUT2D eigenvalue weighted by Gasteiger charge is -2.25. The Balaban J connectivity index is 0.000000231. The van der Waals surface area contributed by atoms with Gasteiger partial charge in [-0.25, -0.2) is 9.59 Å². The molecule has 0 aromatic heterocycles. The SMILES string of the molecule is CC(C)(C)OC(=O)N1CC(=O)C(Cc2ccccc2)C1.CN(C)C1CN(C(=O)OC(C)(C)C)CC1Cc1ccccc1. The topological polar surface area (TPSA) is 79.4 Å². The fourth-order valence-corrected chi connectivity index (χ4v) is 5.32. The van der Waals surface area contributed by atoms with Gasteiger partial charge in [0.15, 0.2) is 5.78 Å². The van der Waals surface area contributed by atoms with Crippen molar-refractivity contribution in [3.8, 4) is 0 Å². The maximum absolute atomic E-state index is 12.3. The van der Waals surface area contributed by atoms with Gasteiger partial charge >= 0.3 is 12.2 Å². The molecule has 8 heteroatoms. The lowest BCUT2D eigenvalue weighted by molar-refractivity contribution is -0.119. The number of Topliss-reactive ketones (excluding diaryl/α,β-unsaturated/α-hetero) is 1. The van der Waals surface area contributed by atoms with Crippen molar-refractivity contribution in [2.45, 2.75) is 71.6 Å². The molecule has 2 aromatic carbocycles. The van der Waals surface area contributed by atoms with Gasteiger partial charge in [-0.2, -0.15) is 0 Å². The number of carbonyl (C=O) groups is 3. The third-order valence-electron chi connectivity index (χ3n) is 7.28.